The molecular weight excluding hydrogens is 307 g/mol. The molecule has 0 aromatic rings. The van der Waals surface area contributed by atoms with Gasteiger partial charge in [0.1, 0.15) is 0 Å². The number of quaternary nitrogens is 1. The molecule has 1 aliphatic rings. The third kappa shape index (κ3) is 6.07. The van der Waals surface area contributed by atoms with E-state index in [4.69, 9.17) is 34.8 Å². The fraction of sp³-hybridized carbons (Fsp3) is 0.923. The standard InChI is InChI=1S/C13H23Cl3N2O/c1-12(2,3)11(19)18-10(13(14,15)16)17-9-7-5-4-6-8-9/h9-10,17H,4-8H2,1-3H3,(H,18,19)/p+1. The van der Waals surface area contributed by atoms with E-state index in [0.29, 0.717) is 6.04 Å². The summed E-state index contributed by atoms with van der Waals surface area (Å²) in [6.45, 7) is 5.54. The largest absolute Gasteiger partial charge is 0.321 e. The lowest BCUT2D eigenvalue weighted by Crippen LogP contribution is -3.00. The van der Waals surface area contributed by atoms with Gasteiger partial charge in [0.15, 0.2) is 0 Å². The van der Waals surface area contributed by atoms with Crippen LogP contribution in [0, 0.1) is 5.41 Å². The molecule has 0 aromatic heterocycles. The van der Waals surface area contributed by atoms with Crippen LogP contribution in [0.15, 0.2) is 0 Å². The van der Waals surface area contributed by atoms with E-state index in [1.165, 1.54) is 19.3 Å². The minimum Gasteiger partial charge on any atom is -0.321 e. The highest BCUT2D eigenvalue weighted by Crippen LogP contribution is 2.28. The fourth-order valence-electron chi connectivity index (χ4n) is 2.20. The maximum Gasteiger partial charge on any atom is 0.262 e. The lowest BCUT2D eigenvalue weighted by atomic mass is 9.94. The van der Waals surface area contributed by atoms with E-state index in [-0.39, 0.29) is 5.91 Å². The predicted molar refractivity (Wildman–Crippen MR) is 80.5 cm³/mol. The Balaban J connectivity index is 2.64. The Morgan fingerprint density at radius 1 is 1.16 bits per heavy atom. The van der Waals surface area contributed by atoms with Gasteiger partial charge in [0.25, 0.3) is 3.79 Å². The molecule has 3 N–H and O–H groups in total. The summed E-state index contributed by atoms with van der Waals surface area (Å²) in [6, 6.07) is 0.426. The Labute approximate surface area is 130 Å². The molecule has 1 unspecified atom stereocenters. The van der Waals surface area contributed by atoms with Crippen molar-refractivity contribution < 1.29 is 10.1 Å². The average Bonchev–Trinajstić information content (AvgIpc) is 2.27. The van der Waals surface area contributed by atoms with Crippen molar-refractivity contribution in [3.8, 4) is 0 Å². The minimum atomic E-state index is -1.50. The van der Waals surface area contributed by atoms with E-state index >= 15 is 0 Å². The van der Waals surface area contributed by atoms with Crippen LogP contribution < -0.4 is 10.6 Å². The van der Waals surface area contributed by atoms with Crippen molar-refractivity contribution in [3.63, 3.8) is 0 Å². The molecule has 1 saturated carbocycles. The van der Waals surface area contributed by atoms with Gasteiger partial charge in [-0.25, -0.2) is 0 Å². The van der Waals surface area contributed by atoms with Gasteiger partial charge in [-0.2, -0.15) is 0 Å². The van der Waals surface area contributed by atoms with Gasteiger partial charge < -0.3 is 10.6 Å². The second-order valence-corrected chi connectivity index (χ2v) is 8.70. The average molecular weight is 331 g/mol. The number of hydrogen-bond acceptors (Lipinski definition) is 1. The van der Waals surface area contributed by atoms with E-state index < -0.39 is 15.4 Å². The molecule has 0 aliphatic heterocycles. The molecule has 19 heavy (non-hydrogen) atoms. The Kier molecular flexibility index (Phi) is 6.25. The molecule has 112 valence electrons. The van der Waals surface area contributed by atoms with Crippen molar-refractivity contribution >= 4 is 40.7 Å². The summed E-state index contributed by atoms with van der Waals surface area (Å²) < 4.78 is -1.50. The Morgan fingerprint density at radius 3 is 2.11 bits per heavy atom. The zero-order chi connectivity index (χ0) is 14.7. The SMILES string of the molecule is CC(C)(C)C(=O)NC([NH2+]C1CCCCC1)C(Cl)(Cl)Cl. The molecule has 0 saturated heterocycles. The molecule has 1 fully saturated rings. The first-order chi connectivity index (χ1) is 8.60. The number of nitrogens with two attached hydrogens (primary N) is 1. The third-order valence-corrected chi connectivity index (χ3v) is 4.14. The Hall–Kier alpha value is 0.300. The molecule has 1 amide bonds. The van der Waals surface area contributed by atoms with Crippen LogP contribution in [0.4, 0.5) is 0 Å². The van der Waals surface area contributed by atoms with E-state index in [2.05, 4.69) is 5.32 Å². The highest BCUT2D eigenvalue weighted by atomic mass is 35.6. The van der Waals surface area contributed by atoms with Crippen molar-refractivity contribution in [1.29, 1.82) is 0 Å². The second-order valence-electron chi connectivity index (χ2n) is 6.33. The molecule has 1 rings (SSSR count). The van der Waals surface area contributed by atoms with Crippen molar-refractivity contribution in [1.82, 2.24) is 5.32 Å². The van der Waals surface area contributed by atoms with Crippen molar-refractivity contribution in [3.05, 3.63) is 0 Å². The van der Waals surface area contributed by atoms with Crippen LogP contribution >= 0.6 is 34.8 Å². The summed E-state index contributed by atoms with van der Waals surface area (Å²) in [7, 11) is 0. The highest BCUT2D eigenvalue weighted by molar-refractivity contribution is 6.68. The van der Waals surface area contributed by atoms with Crippen LogP contribution in [0.2, 0.25) is 0 Å². The van der Waals surface area contributed by atoms with Crippen LogP contribution in [0.3, 0.4) is 0 Å². The summed E-state index contributed by atoms with van der Waals surface area (Å²) in [5.74, 6) is -0.101. The van der Waals surface area contributed by atoms with Crippen LogP contribution in [-0.4, -0.2) is 21.9 Å². The molecule has 3 nitrogen and oxygen atoms in total. The first-order valence-electron chi connectivity index (χ1n) is 6.83. The number of carbonyl (C=O) groups is 1. The maximum absolute atomic E-state index is 12.1. The molecule has 0 bridgehead atoms. The van der Waals surface area contributed by atoms with Crippen LogP contribution in [0.5, 0.6) is 0 Å². The van der Waals surface area contributed by atoms with E-state index in [1.54, 1.807) is 0 Å². The van der Waals surface area contributed by atoms with Gasteiger partial charge >= 0.3 is 0 Å². The van der Waals surface area contributed by atoms with Crippen LogP contribution in [0.1, 0.15) is 52.9 Å². The topological polar surface area (TPSA) is 45.7 Å². The summed E-state index contributed by atoms with van der Waals surface area (Å²) in [6.07, 6.45) is 5.39. The van der Waals surface area contributed by atoms with Gasteiger partial charge in [0.05, 0.1) is 6.04 Å². The fourth-order valence-corrected chi connectivity index (χ4v) is 2.58. The van der Waals surface area contributed by atoms with Gasteiger partial charge in [-0.1, -0.05) is 62.0 Å². The van der Waals surface area contributed by atoms with E-state index in [9.17, 15) is 4.79 Å². The second kappa shape index (κ2) is 6.84. The summed E-state index contributed by atoms with van der Waals surface area (Å²) in [5.41, 5.74) is -0.491. The lowest BCUT2D eigenvalue weighted by Gasteiger charge is -2.31. The monoisotopic (exact) mass is 329 g/mol. The van der Waals surface area contributed by atoms with Crippen molar-refractivity contribution in [2.75, 3.05) is 0 Å². The molecule has 1 atom stereocenters. The van der Waals surface area contributed by atoms with Gasteiger partial charge in [0.2, 0.25) is 12.1 Å². The molecule has 0 heterocycles. The summed E-state index contributed by atoms with van der Waals surface area (Å²) >= 11 is 18.0. The maximum atomic E-state index is 12.1. The predicted octanol–water partition coefficient (Wildman–Crippen LogP) is 2.74. The number of nitrogens with one attached hydrogen (secondary N) is 1. The Bertz CT molecular complexity index is 304. The van der Waals surface area contributed by atoms with E-state index in [1.807, 2.05) is 26.1 Å². The third-order valence-electron chi connectivity index (χ3n) is 3.43. The van der Waals surface area contributed by atoms with Gasteiger partial charge in [-0.15, -0.1) is 0 Å². The normalized spacial score (nSPS) is 20.1. The van der Waals surface area contributed by atoms with Crippen LogP contribution in [-0.2, 0) is 4.79 Å². The zero-order valence-corrected chi connectivity index (χ0v) is 14.1. The lowest BCUT2D eigenvalue weighted by molar-refractivity contribution is -0.726. The van der Waals surface area contributed by atoms with Crippen molar-refractivity contribution in [2.45, 2.75) is 68.9 Å². The number of carbonyl (C=O) groups excluding carboxylic acids is 1. The van der Waals surface area contributed by atoms with Crippen LogP contribution in [0.25, 0.3) is 0 Å². The number of hydrogen-bond donors (Lipinski definition) is 2. The summed E-state index contributed by atoms with van der Waals surface area (Å²) in [4.78, 5) is 12.1. The number of amides is 1. The van der Waals surface area contributed by atoms with E-state index in [0.717, 1.165) is 12.8 Å². The quantitative estimate of drug-likeness (QED) is 0.606. The van der Waals surface area contributed by atoms with Crippen molar-refractivity contribution in [2.24, 2.45) is 5.41 Å². The molecule has 1 aliphatic carbocycles. The van der Waals surface area contributed by atoms with Gasteiger partial charge in [-0.3, -0.25) is 4.79 Å². The highest BCUT2D eigenvalue weighted by Gasteiger charge is 2.40. The zero-order valence-electron chi connectivity index (χ0n) is 11.8. The first-order valence-corrected chi connectivity index (χ1v) is 7.97. The molecule has 0 spiro atoms. The number of alkyl halides is 3. The Morgan fingerprint density at radius 2 is 1.68 bits per heavy atom. The van der Waals surface area contributed by atoms with Gasteiger partial charge in [-0.05, 0) is 25.7 Å². The van der Waals surface area contributed by atoms with Gasteiger partial charge in [0, 0.05) is 5.41 Å². The first kappa shape index (κ1) is 17.4. The molecule has 0 radical (unpaired) electrons. The molecular formula is C13H24Cl3N2O+. The molecule has 0 aromatic carbocycles. The smallest absolute Gasteiger partial charge is 0.262 e. The summed E-state index contributed by atoms with van der Waals surface area (Å²) in [5, 5.41) is 4.86. The molecule has 6 heteroatoms. The minimum absolute atomic E-state index is 0.101. The number of rotatable bonds is 3. The number of halogens is 3.